The molecular formula is C28H29FN6O2. The molecule has 1 saturated heterocycles. The van der Waals surface area contributed by atoms with Crippen LogP contribution in [-0.2, 0) is 17.8 Å². The van der Waals surface area contributed by atoms with E-state index in [0.29, 0.717) is 41.7 Å². The molecule has 0 bridgehead atoms. The maximum absolute atomic E-state index is 14.4. The number of rotatable bonds is 7. The second-order valence-electron chi connectivity index (χ2n) is 9.66. The van der Waals surface area contributed by atoms with Gasteiger partial charge in [0, 0.05) is 54.1 Å². The summed E-state index contributed by atoms with van der Waals surface area (Å²) in [5.41, 5.74) is 4.52. The topological polar surface area (TPSA) is 93.9 Å². The van der Waals surface area contributed by atoms with Crippen LogP contribution in [0.5, 0.6) is 0 Å². The third-order valence-electron chi connectivity index (χ3n) is 6.85. The van der Waals surface area contributed by atoms with Crippen LogP contribution in [0, 0.1) is 13.8 Å². The van der Waals surface area contributed by atoms with Gasteiger partial charge in [0.25, 0.3) is 0 Å². The lowest BCUT2D eigenvalue weighted by atomic mass is 10.0. The molecule has 37 heavy (non-hydrogen) atoms. The van der Waals surface area contributed by atoms with E-state index in [1.807, 2.05) is 50.2 Å². The molecule has 190 valence electrons. The van der Waals surface area contributed by atoms with Crippen LogP contribution in [0.1, 0.15) is 47.5 Å². The van der Waals surface area contributed by atoms with Gasteiger partial charge in [-0.05, 0) is 56.5 Å². The van der Waals surface area contributed by atoms with Crippen LogP contribution < -0.4 is 0 Å². The van der Waals surface area contributed by atoms with E-state index < -0.39 is 6.17 Å². The number of hydrogen-bond donors (Lipinski definition) is 0. The highest BCUT2D eigenvalue weighted by Crippen LogP contribution is 2.28. The maximum atomic E-state index is 14.4. The van der Waals surface area contributed by atoms with Gasteiger partial charge < -0.3 is 4.90 Å². The maximum Gasteiger partial charge on any atom is 0.244 e. The average molecular weight is 501 g/mol. The highest BCUT2D eigenvalue weighted by Gasteiger charge is 2.35. The first-order valence-corrected chi connectivity index (χ1v) is 12.4. The highest BCUT2D eigenvalue weighted by molar-refractivity contribution is 6.06. The molecule has 1 aliphatic rings. The Hall–Kier alpha value is -4.01. The number of benzene rings is 1. The first kappa shape index (κ1) is 24.7. The number of alkyl halides is 1. The third kappa shape index (κ3) is 5.26. The molecule has 1 fully saturated rings. The zero-order valence-corrected chi connectivity index (χ0v) is 21.2. The minimum absolute atomic E-state index is 0.0668. The van der Waals surface area contributed by atoms with Gasteiger partial charge in [-0.15, -0.1) is 0 Å². The molecule has 0 radical (unpaired) electrons. The van der Waals surface area contributed by atoms with Crippen molar-refractivity contribution in [2.45, 2.75) is 58.8 Å². The Labute approximate surface area is 214 Å². The molecule has 4 heterocycles. The second kappa shape index (κ2) is 10.2. The molecule has 9 heteroatoms. The fraction of sp³-hybridized carbons (Fsp3) is 0.357. The average Bonchev–Trinajstić information content (AvgIpc) is 3.43. The summed E-state index contributed by atoms with van der Waals surface area (Å²) < 4.78 is 16.0. The smallest absolute Gasteiger partial charge is 0.244 e. The molecule has 1 amide bonds. The Morgan fingerprint density at radius 3 is 2.59 bits per heavy atom. The number of carbonyl (C=O) groups is 2. The summed E-state index contributed by atoms with van der Waals surface area (Å²) in [7, 11) is 0. The standard InChI is InChI=1S/C28H29FN6O2/c1-17-5-4-6-23(32-17)8-9-24-12-22(29)15-34(24)27(37)16-35-26-10-7-20(21-13-30-19(3)31-14-21)11-25(26)28(33-35)18(2)36/h4-7,10-11,13-14,22,24H,8-9,12,15-16H2,1-3H3/t22-,24-/m1/s1. The van der Waals surface area contributed by atoms with Gasteiger partial charge in [-0.2, -0.15) is 5.10 Å². The first-order valence-electron chi connectivity index (χ1n) is 12.4. The summed E-state index contributed by atoms with van der Waals surface area (Å²) in [4.78, 5) is 40.4. The third-order valence-corrected chi connectivity index (χ3v) is 6.85. The monoisotopic (exact) mass is 500 g/mol. The molecule has 2 atom stereocenters. The van der Waals surface area contributed by atoms with Gasteiger partial charge in [0.1, 0.15) is 24.2 Å². The molecular weight excluding hydrogens is 471 g/mol. The van der Waals surface area contributed by atoms with Crippen LogP contribution in [0.4, 0.5) is 4.39 Å². The van der Waals surface area contributed by atoms with Crippen molar-refractivity contribution < 1.29 is 14.0 Å². The molecule has 1 aromatic carbocycles. The summed E-state index contributed by atoms with van der Waals surface area (Å²) in [5, 5.41) is 5.14. The quantitative estimate of drug-likeness (QED) is 0.352. The van der Waals surface area contributed by atoms with Crippen molar-refractivity contribution in [1.29, 1.82) is 0 Å². The molecule has 0 unspecified atom stereocenters. The highest BCUT2D eigenvalue weighted by atomic mass is 19.1. The number of amides is 1. The Morgan fingerprint density at radius 1 is 1.08 bits per heavy atom. The van der Waals surface area contributed by atoms with E-state index in [9.17, 15) is 14.0 Å². The summed E-state index contributed by atoms with van der Waals surface area (Å²) in [5.74, 6) is 0.270. The number of ketones is 1. The predicted molar refractivity (Wildman–Crippen MR) is 138 cm³/mol. The number of Topliss-reactive ketones (excluding diaryl/α,β-unsaturated/α-hetero) is 1. The predicted octanol–water partition coefficient (Wildman–Crippen LogP) is 4.28. The fourth-order valence-electron chi connectivity index (χ4n) is 4.99. The van der Waals surface area contributed by atoms with Crippen molar-refractivity contribution in [2.75, 3.05) is 6.54 Å². The van der Waals surface area contributed by atoms with E-state index in [2.05, 4.69) is 20.1 Å². The zero-order valence-electron chi connectivity index (χ0n) is 21.2. The van der Waals surface area contributed by atoms with Gasteiger partial charge in [-0.25, -0.2) is 14.4 Å². The fourth-order valence-corrected chi connectivity index (χ4v) is 4.99. The molecule has 0 N–H and O–H groups in total. The van der Waals surface area contributed by atoms with Gasteiger partial charge >= 0.3 is 0 Å². The molecule has 5 rings (SSSR count). The van der Waals surface area contributed by atoms with E-state index in [0.717, 1.165) is 22.5 Å². The van der Waals surface area contributed by atoms with E-state index in [4.69, 9.17) is 0 Å². The van der Waals surface area contributed by atoms with Crippen LogP contribution in [0.25, 0.3) is 22.0 Å². The van der Waals surface area contributed by atoms with E-state index in [-0.39, 0.29) is 30.8 Å². The van der Waals surface area contributed by atoms with Crippen LogP contribution in [0.3, 0.4) is 0 Å². The van der Waals surface area contributed by atoms with Gasteiger partial charge in [-0.3, -0.25) is 19.3 Å². The van der Waals surface area contributed by atoms with Crippen LogP contribution in [0.15, 0.2) is 48.8 Å². The molecule has 0 aliphatic carbocycles. The number of pyridine rings is 1. The summed E-state index contributed by atoms with van der Waals surface area (Å²) >= 11 is 0. The number of likely N-dealkylation sites (tertiary alicyclic amines) is 1. The molecule has 1 aliphatic heterocycles. The number of halogens is 1. The summed E-state index contributed by atoms with van der Waals surface area (Å²) in [6.45, 7) is 5.22. The Balaban J connectivity index is 1.38. The molecule has 0 spiro atoms. The van der Waals surface area contributed by atoms with Gasteiger partial charge in [0.2, 0.25) is 5.91 Å². The SMILES string of the molecule is CC(=O)c1nn(CC(=O)N2C[C@H](F)C[C@H]2CCc2cccc(C)n2)c2ccc(-c3cnc(C)nc3)cc12. The lowest BCUT2D eigenvalue weighted by Gasteiger charge is -2.24. The second-order valence-corrected chi connectivity index (χ2v) is 9.66. The van der Waals surface area contributed by atoms with Crippen molar-refractivity contribution in [3.05, 3.63) is 71.7 Å². The van der Waals surface area contributed by atoms with Crippen LogP contribution >= 0.6 is 0 Å². The van der Waals surface area contributed by atoms with E-state index in [1.54, 1.807) is 22.0 Å². The molecule has 0 saturated carbocycles. The van der Waals surface area contributed by atoms with Crippen molar-refractivity contribution in [2.24, 2.45) is 0 Å². The minimum atomic E-state index is -1.05. The Kier molecular flexibility index (Phi) is 6.78. The van der Waals surface area contributed by atoms with Crippen molar-refractivity contribution in [1.82, 2.24) is 29.6 Å². The number of hydrogen-bond acceptors (Lipinski definition) is 6. The number of fused-ring (bicyclic) bond motifs is 1. The largest absolute Gasteiger partial charge is 0.335 e. The zero-order chi connectivity index (χ0) is 26.1. The molecule has 8 nitrogen and oxygen atoms in total. The van der Waals surface area contributed by atoms with Gasteiger partial charge in [0.15, 0.2) is 5.78 Å². The van der Waals surface area contributed by atoms with Crippen LogP contribution in [0.2, 0.25) is 0 Å². The first-order chi connectivity index (χ1) is 17.8. The van der Waals surface area contributed by atoms with Crippen molar-refractivity contribution in [3.63, 3.8) is 0 Å². The van der Waals surface area contributed by atoms with Crippen LogP contribution in [-0.4, -0.2) is 60.1 Å². The number of aromatic nitrogens is 5. The lowest BCUT2D eigenvalue weighted by molar-refractivity contribution is -0.133. The summed E-state index contributed by atoms with van der Waals surface area (Å²) in [6.07, 6.45) is 4.05. The van der Waals surface area contributed by atoms with Gasteiger partial charge in [0.05, 0.1) is 12.1 Å². The van der Waals surface area contributed by atoms with E-state index in [1.165, 1.54) is 6.92 Å². The normalized spacial score (nSPS) is 17.5. The number of aryl methyl sites for hydroxylation is 3. The minimum Gasteiger partial charge on any atom is -0.335 e. The number of carbonyl (C=O) groups excluding carboxylic acids is 2. The Bertz CT molecular complexity index is 1470. The van der Waals surface area contributed by atoms with E-state index >= 15 is 0 Å². The van der Waals surface area contributed by atoms with Gasteiger partial charge in [-0.1, -0.05) is 12.1 Å². The summed E-state index contributed by atoms with van der Waals surface area (Å²) in [6, 6.07) is 11.3. The lowest BCUT2D eigenvalue weighted by Crippen LogP contribution is -2.38. The Morgan fingerprint density at radius 2 is 1.86 bits per heavy atom. The molecule has 4 aromatic rings. The van der Waals surface area contributed by atoms with Crippen molar-refractivity contribution >= 4 is 22.6 Å². The number of nitrogens with zero attached hydrogens (tertiary/aromatic N) is 6. The molecule has 3 aromatic heterocycles. The van der Waals surface area contributed by atoms with Crippen molar-refractivity contribution in [3.8, 4) is 11.1 Å².